The molecule has 0 unspecified atom stereocenters. The molecule has 0 spiro atoms. The zero-order chi connectivity index (χ0) is 13.4. The number of benzene rings is 2. The first-order valence-corrected chi connectivity index (χ1v) is 6.00. The first-order chi connectivity index (χ1) is 9.20. The van der Waals surface area contributed by atoms with Crippen molar-refractivity contribution in [2.45, 2.75) is 0 Å². The van der Waals surface area contributed by atoms with Crippen LogP contribution in [0.5, 0.6) is 11.9 Å². The number of aromatic nitrogens is 2. The van der Waals surface area contributed by atoms with Crippen molar-refractivity contribution in [1.29, 1.82) is 0 Å². The van der Waals surface area contributed by atoms with E-state index in [0.717, 1.165) is 5.52 Å². The molecule has 1 heterocycles. The molecule has 1 aromatic heterocycles. The van der Waals surface area contributed by atoms with E-state index in [1.807, 2.05) is 54.6 Å². The Morgan fingerprint density at radius 3 is 2.21 bits per heavy atom. The van der Waals surface area contributed by atoms with Gasteiger partial charge in [-0.25, -0.2) is 0 Å². The molecule has 19 heavy (non-hydrogen) atoms. The van der Waals surface area contributed by atoms with E-state index in [1.165, 1.54) is 4.57 Å². The maximum absolute atomic E-state index is 10.4. The Hall–Kier alpha value is -2.62. The summed E-state index contributed by atoms with van der Waals surface area (Å²) in [6.07, 6.45) is 0. The van der Waals surface area contributed by atoms with Crippen molar-refractivity contribution in [2.24, 2.45) is 7.05 Å². The Bertz CT molecular complexity index is 755. The molecule has 0 fully saturated rings. The number of aryl methyl sites for hydroxylation is 1. The molecule has 0 saturated carbocycles. The number of aromatic hydroxyl groups is 2. The van der Waals surface area contributed by atoms with Crippen molar-refractivity contribution in [3.8, 4) is 17.6 Å². The third kappa shape index (κ3) is 1.69. The van der Waals surface area contributed by atoms with Gasteiger partial charge in [0.1, 0.15) is 7.05 Å². The van der Waals surface area contributed by atoms with Crippen LogP contribution >= 0.6 is 0 Å². The van der Waals surface area contributed by atoms with Crippen molar-refractivity contribution in [3.05, 3.63) is 54.6 Å². The van der Waals surface area contributed by atoms with E-state index in [9.17, 15) is 10.2 Å². The smallest absolute Gasteiger partial charge is 0.459 e. The Kier molecular flexibility index (Phi) is 2.56. The number of fused-ring (bicyclic) bond motifs is 1. The van der Waals surface area contributed by atoms with Gasteiger partial charge in [-0.05, 0) is 10.6 Å². The summed E-state index contributed by atoms with van der Waals surface area (Å²) in [6, 6.07) is 16.6. The molecule has 4 heteroatoms. The van der Waals surface area contributed by atoms with Crippen LogP contribution in [0.25, 0.3) is 16.6 Å². The Morgan fingerprint density at radius 2 is 1.47 bits per heavy atom. The number of nitrogens with zero attached hydrogens (tertiary/aromatic N) is 2. The summed E-state index contributed by atoms with van der Waals surface area (Å²) in [5, 5.41) is 21.4. The summed E-state index contributed by atoms with van der Waals surface area (Å²) in [7, 11) is 1.76. The highest BCUT2D eigenvalue weighted by Gasteiger charge is 2.32. The van der Waals surface area contributed by atoms with Crippen molar-refractivity contribution < 1.29 is 19.3 Å². The molecule has 0 saturated heterocycles. The highest BCUT2D eigenvalue weighted by Crippen LogP contribution is 2.21. The van der Waals surface area contributed by atoms with Crippen LogP contribution in [-0.4, -0.2) is 10.2 Å². The van der Waals surface area contributed by atoms with E-state index >= 15 is 0 Å². The van der Waals surface area contributed by atoms with Gasteiger partial charge in [-0.1, -0.05) is 30.3 Å². The molecule has 0 atom stereocenters. The van der Waals surface area contributed by atoms with Gasteiger partial charge in [0.05, 0.1) is 0 Å². The lowest BCUT2D eigenvalue weighted by atomic mass is 10.2. The van der Waals surface area contributed by atoms with E-state index in [1.54, 1.807) is 11.6 Å². The summed E-state index contributed by atoms with van der Waals surface area (Å²) in [5.41, 5.74) is 1.48. The van der Waals surface area contributed by atoms with Crippen LogP contribution in [0.3, 0.4) is 0 Å². The predicted molar refractivity (Wildman–Crippen MR) is 70.0 cm³/mol. The molecule has 0 aliphatic carbocycles. The van der Waals surface area contributed by atoms with Gasteiger partial charge in [-0.15, -0.1) is 4.57 Å². The van der Waals surface area contributed by atoms with E-state index in [-0.39, 0.29) is 11.9 Å². The van der Waals surface area contributed by atoms with Crippen LogP contribution in [0.4, 0.5) is 0 Å². The summed E-state index contributed by atoms with van der Waals surface area (Å²) in [6.45, 7) is 0. The van der Waals surface area contributed by atoms with Gasteiger partial charge in [-0.3, -0.25) is 0 Å². The molecule has 3 rings (SSSR count). The molecule has 0 radical (unpaired) electrons. The third-order valence-electron chi connectivity index (χ3n) is 3.23. The Balaban J connectivity index is 2.44. The molecular weight excluding hydrogens is 240 g/mol. The minimum Gasteiger partial charge on any atom is -0.459 e. The number of para-hydroxylation sites is 2. The minimum atomic E-state index is -0.0256. The molecule has 2 aromatic carbocycles. The molecule has 2 N–H and O–H groups in total. The normalized spacial score (nSPS) is 10.8. The quantitative estimate of drug-likeness (QED) is 0.644. The second kappa shape index (κ2) is 4.24. The summed E-state index contributed by atoms with van der Waals surface area (Å²) in [4.78, 5) is 0. The van der Waals surface area contributed by atoms with Crippen molar-refractivity contribution in [3.63, 3.8) is 0 Å². The molecule has 0 aliphatic heterocycles. The fraction of sp³-hybridized carbons (Fsp3) is 0.0667. The standard InChI is InChI=1S/C15H12N2O2/c1-16-13-10-6-5-9-12(13)14(18)17(15(16)19)11-7-3-2-4-8-11/h2-10H,1H3/p+2. The van der Waals surface area contributed by atoms with Crippen LogP contribution < -0.4 is 9.13 Å². The Labute approximate surface area is 110 Å². The second-order valence-corrected chi connectivity index (χ2v) is 4.37. The van der Waals surface area contributed by atoms with Gasteiger partial charge in [0.2, 0.25) is 11.2 Å². The van der Waals surface area contributed by atoms with Gasteiger partial charge in [0.25, 0.3) is 0 Å². The predicted octanol–water partition coefficient (Wildman–Crippen LogP) is 1.35. The molecule has 0 bridgehead atoms. The van der Waals surface area contributed by atoms with Gasteiger partial charge in [0, 0.05) is 18.2 Å². The number of hydrogen-bond donors (Lipinski definition) is 2. The largest absolute Gasteiger partial charge is 0.637 e. The van der Waals surface area contributed by atoms with Crippen LogP contribution in [-0.2, 0) is 7.05 Å². The lowest BCUT2D eigenvalue weighted by Crippen LogP contribution is -2.44. The van der Waals surface area contributed by atoms with Crippen LogP contribution in [0, 0.1) is 0 Å². The van der Waals surface area contributed by atoms with Gasteiger partial charge < -0.3 is 10.2 Å². The highest BCUT2D eigenvalue weighted by molar-refractivity contribution is 5.79. The molecular formula is C15H14N2O2+2. The van der Waals surface area contributed by atoms with E-state index in [2.05, 4.69) is 0 Å². The fourth-order valence-corrected chi connectivity index (χ4v) is 2.24. The molecule has 0 amide bonds. The monoisotopic (exact) mass is 254 g/mol. The van der Waals surface area contributed by atoms with Gasteiger partial charge in [-0.2, -0.15) is 0 Å². The van der Waals surface area contributed by atoms with E-state index in [4.69, 9.17) is 0 Å². The Morgan fingerprint density at radius 1 is 0.842 bits per heavy atom. The van der Waals surface area contributed by atoms with Crippen molar-refractivity contribution in [1.82, 2.24) is 0 Å². The van der Waals surface area contributed by atoms with Crippen LogP contribution in [0.15, 0.2) is 54.6 Å². The molecule has 0 aliphatic rings. The molecule has 94 valence electrons. The lowest BCUT2D eigenvalue weighted by molar-refractivity contribution is -0.768. The van der Waals surface area contributed by atoms with Gasteiger partial charge >= 0.3 is 11.9 Å². The topological polar surface area (TPSA) is 48.2 Å². The second-order valence-electron chi connectivity index (χ2n) is 4.37. The van der Waals surface area contributed by atoms with Crippen LogP contribution in [0.1, 0.15) is 0 Å². The average Bonchev–Trinajstić information content (AvgIpc) is 2.46. The maximum atomic E-state index is 10.4. The maximum Gasteiger partial charge on any atom is 0.637 e. The summed E-state index contributed by atoms with van der Waals surface area (Å²) in [5.74, 6) is 0.0254. The highest BCUT2D eigenvalue weighted by atomic mass is 16.3. The van der Waals surface area contributed by atoms with Crippen LogP contribution in [0.2, 0.25) is 0 Å². The minimum absolute atomic E-state index is 0.0254. The van der Waals surface area contributed by atoms with E-state index < -0.39 is 0 Å². The van der Waals surface area contributed by atoms with Crippen molar-refractivity contribution >= 4 is 10.9 Å². The van der Waals surface area contributed by atoms with Gasteiger partial charge in [0.15, 0.2) is 5.39 Å². The molecule has 4 nitrogen and oxygen atoms in total. The zero-order valence-electron chi connectivity index (χ0n) is 10.5. The number of hydrogen-bond acceptors (Lipinski definition) is 2. The third-order valence-corrected chi connectivity index (χ3v) is 3.23. The summed E-state index contributed by atoms with van der Waals surface area (Å²) < 4.78 is 3.06. The SMILES string of the molecule is C[n+]1c(O)[n+](-c2ccccc2)c(O)c2ccccc21. The van der Waals surface area contributed by atoms with E-state index in [0.29, 0.717) is 11.1 Å². The number of rotatable bonds is 1. The average molecular weight is 254 g/mol. The first-order valence-electron chi connectivity index (χ1n) is 6.00. The summed E-state index contributed by atoms with van der Waals surface area (Å²) >= 11 is 0. The molecule has 3 aromatic rings. The lowest BCUT2D eigenvalue weighted by Gasteiger charge is -2.01. The van der Waals surface area contributed by atoms with Crippen molar-refractivity contribution in [2.75, 3.05) is 0 Å². The first kappa shape index (κ1) is 11.5. The zero-order valence-corrected chi connectivity index (χ0v) is 10.5. The fourth-order valence-electron chi connectivity index (χ4n) is 2.24.